The van der Waals surface area contributed by atoms with Gasteiger partial charge in [-0.05, 0) is 44.9 Å². The molecule has 0 heterocycles. The molecule has 0 aromatic rings. The molecule has 0 amide bonds. The van der Waals surface area contributed by atoms with Crippen LogP contribution >= 0.6 is 0 Å². The van der Waals surface area contributed by atoms with Gasteiger partial charge in [-0.2, -0.15) is 0 Å². The summed E-state index contributed by atoms with van der Waals surface area (Å²) in [5.41, 5.74) is 0. The van der Waals surface area contributed by atoms with Gasteiger partial charge in [0.25, 0.3) is 0 Å². The Kier molecular flexibility index (Phi) is 21.8. The Balaban J connectivity index is 3.39. The number of ether oxygens (including phenoxy) is 1. The van der Waals surface area contributed by atoms with Crippen molar-refractivity contribution in [2.75, 3.05) is 0 Å². The van der Waals surface area contributed by atoms with Crippen LogP contribution in [0.2, 0.25) is 0 Å². The van der Waals surface area contributed by atoms with E-state index in [4.69, 9.17) is 4.74 Å². The lowest BCUT2D eigenvalue weighted by atomic mass is 10.1. The molecule has 3 nitrogen and oxygen atoms in total. The summed E-state index contributed by atoms with van der Waals surface area (Å²) in [4.78, 5) is 23.3. The highest BCUT2D eigenvalue weighted by atomic mass is 16.6. The summed E-state index contributed by atoms with van der Waals surface area (Å²) < 4.78 is 4.88. The Morgan fingerprint density at radius 1 is 0.552 bits per heavy atom. The topological polar surface area (TPSA) is 43.4 Å². The molecule has 0 spiro atoms. The van der Waals surface area contributed by atoms with E-state index >= 15 is 0 Å². The van der Waals surface area contributed by atoms with Crippen molar-refractivity contribution in [3.63, 3.8) is 0 Å². The van der Waals surface area contributed by atoms with Gasteiger partial charge >= 0.3 is 11.9 Å². The Labute approximate surface area is 180 Å². The van der Waals surface area contributed by atoms with Crippen molar-refractivity contribution in [3.05, 3.63) is 24.3 Å². The first kappa shape index (κ1) is 27.6. The fraction of sp³-hybridized carbons (Fsp3) is 0.769. The van der Waals surface area contributed by atoms with Crippen LogP contribution in [0.3, 0.4) is 0 Å². The van der Waals surface area contributed by atoms with Gasteiger partial charge in [0.1, 0.15) is 0 Å². The zero-order chi connectivity index (χ0) is 21.4. The number of unbranched alkanes of at least 4 members (excludes halogenated alkanes) is 12. The van der Waals surface area contributed by atoms with Crippen LogP contribution in [0, 0.1) is 0 Å². The molecule has 3 heteroatoms. The van der Waals surface area contributed by atoms with E-state index in [1.54, 1.807) is 0 Å². The number of hydrogen-bond donors (Lipinski definition) is 0. The molecule has 29 heavy (non-hydrogen) atoms. The molecule has 0 radical (unpaired) electrons. The summed E-state index contributed by atoms with van der Waals surface area (Å²) >= 11 is 0. The average Bonchev–Trinajstić information content (AvgIpc) is 2.70. The van der Waals surface area contributed by atoms with Crippen LogP contribution in [0.4, 0.5) is 0 Å². The second-order valence-electron chi connectivity index (χ2n) is 7.99. The lowest BCUT2D eigenvalue weighted by Gasteiger charge is -2.03. The van der Waals surface area contributed by atoms with E-state index in [1.807, 2.05) is 0 Å². The average molecular weight is 407 g/mol. The number of allylic oxidation sites excluding steroid dienone is 4. The monoisotopic (exact) mass is 406 g/mol. The maximum Gasteiger partial charge on any atom is 0.313 e. The fourth-order valence-electron chi connectivity index (χ4n) is 3.18. The Morgan fingerprint density at radius 3 is 1.52 bits per heavy atom. The minimum Gasteiger partial charge on any atom is -0.393 e. The summed E-state index contributed by atoms with van der Waals surface area (Å²) in [5, 5.41) is 0. The summed E-state index contributed by atoms with van der Waals surface area (Å²) in [5.74, 6) is -0.705. The smallest absolute Gasteiger partial charge is 0.313 e. The third-order valence-electron chi connectivity index (χ3n) is 5.04. The minimum absolute atomic E-state index is 0.353. The maximum atomic E-state index is 11.7. The third kappa shape index (κ3) is 22.8. The molecule has 0 aromatic heterocycles. The van der Waals surface area contributed by atoms with Gasteiger partial charge in [0.05, 0.1) is 0 Å². The summed E-state index contributed by atoms with van der Waals surface area (Å²) in [6, 6.07) is 0. The van der Waals surface area contributed by atoms with Crippen LogP contribution in [0.1, 0.15) is 129 Å². The largest absolute Gasteiger partial charge is 0.393 e. The van der Waals surface area contributed by atoms with Crippen LogP contribution in [-0.4, -0.2) is 11.9 Å². The Hall–Kier alpha value is -1.38. The SMILES string of the molecule is CCCCC/C=C\C/C=C\CCCCCCCC(=O)OC(=O)CCCCCCC. The number of carbonyl (C=O) groups excluding carboxylic acids is 2. The Morgan fingerprint density at radius 2 is 0.966 bits per heavy atom. The van der Waals surface area contributed by atoms with Crippen LogP contribution in [0.5, 0.6) is 0 Å². The van der Waals surface area contributed by atoms with Crippen molar-refractivity contribution in [3.8, 4) is 0 Å². The first-order valence-electron chi connectivity index (χ1n) is 12.2. The molecule has 0 bridgehead atoms. The van der Waals surface area contributed by atoms with Gasteiger partial charge in [0, 0.05) is 12.8 Å². The van der Waals surface area contributed by atoms with Crippen molar-refractivity contribution < 1.29 is 14.3 Å². The number of rotatable bonds is 20. The van der Waals surface area contributed by atoms with E-state index in [2.05, 4.69) is 38.2 Å². The van der Waals surface area contributed by atoms with Gasteiger partial charge in [-0.3, -0.25) is 9.59 Å². The van der Waals surface area contributed by atoms with Crippen LogP contribution in [0.25, 0.3) is 0 Å². The van der Waals surface area contributed by atoms with E-state index < -0.39 is 0 Å². The van der Waals surface area contributed by atoms with Crippen molar-refractivity contribution >= 4 is 11.9 Å². The minimum atomic E-state index is -0.353. The van der Waals surface area contributed by atoms with Crippen LogP contribution in [-0.2, 0) is 14.3 Å². The molecule has 0 rings (SSSR count). The molecule has 0 atom stereocenters. The van der Waals surface area contributed by atoms with E-state index in [-0.39, 0.29) is 11.9 Å². The molecule has 0 fully saturated rings. The third-order valence-corrected chi connectivity index (χ3v) is 5.04. The zero-order valence-corrected chi connectivity index (χ0v) is 19.3. The molecular weight excluding hydrogens is 360 g/mol. The molecule has 0 aromatic carbocycles. The van der Waals surface area contributed by atoms with Crippen molar-refractivity contribution in [2.24, 2.45) is 0 Å². The molecule has 168 valence electrons. The van der Waals surface area contributed by atoms with Gasteiger partial charge in [0.2, 0.25) is 0 Å². The molecule has 0 unspecified atom stereocenters. The first-order valence-corrected chi connectivity index (χ1v) is 12.2. The normalized spacial score (nSPS) is 11.5. The molecule has 0 aliphatic rings. The first-order chi connectivity index (χ1) is 14.2. The van der Waals surface area contributed by atoms with Gasteiger partial charge < -0.3 is 4.74 Å². The molecule has 0 aliphatic heterocycles. The van der Waals surface area contributed by atoms with E-state index in [0.29, 0.717) is 12.8 Å². The second-order valence-corrected chi connectivity index (χ2v) is 7.99. The maximum absolute atomic E-state index is 11.7. The van der Waals surface area contributed by atoms with Crippen molar-refractivity contribution in [1.82, 2.24) is 0 Å². The molecule has 0 aliphatic carbocycles. The number of carbonyl (C=O) groups is 2. The molecule has 0 saturated heterocycles. The summed E-state index contributed by atoms with van der Waals surface area (Å²) in [6.07, 6.45) is 28.0. The Bertz CT molecular complexity index is 437. The standard InChI is InChI=1S/C26H46O3/c1-3-5-7-9-10-11-12-13-14-15-16-17-18-20-22-24-26(28)29-25(27)23-21-19-8-6-4-2/h10-11,13-14H,3-9,12,15-24H2,1-2H3/b11-10-,14-13-. The van der Waals surface area contributed by atoms with Crippen LogP contribution < -0.4 is 0 Å². The van der Waals surface area contributed by atoms with E-state index in [0.717, 1.165) is 51.4 Å². The number of hydrogen-bond acceptors (Lipinski definition) is 3. The second kappa shape index (κ2) is 22.9. The lowest BCUT2D eigenvalue weighted by molar-refractivity contribution is -0.159. The highest BCUT2D eigenvalue weighted by Crippen LogP contribution is 2.10. The van der Waals surface area contributed by atoms with Gasteiger partial charge in [0.15, 0.2) is 0 Å². The van der Waals surface area contributed by atoms with Gasteiger partial charge in [-0.25, -0.2) is 0 Å². The zero-order valence-electron chi connectivity index (χ0n) is 19.3. The highest BCUT2D eigenvalue weighted by molar-refractivity contribution is 5.85. The van der Waals surface area contributed by atoms with Gasteiger partial charge in [-0.15, -0.1) is 0 Å². The quantitative estimate of drug-likeness (QED) is 0.0885. The molecule has 0 saturated carbocycles. The van der Waals surface area contributed by atoms with E-state index in [9.17, 15) is 9.59 Å². The van der Waals surface area contributed by atoms with Gasteiger partial charge in [-0.1, -0.05) is 95.9 Å². The highest BCUT2D eigenvalue weighted by Gasteiger charge is 2.09. The predicted octanol–water partition coefficient (Wildman–Crippen LogP) is 8.23. The van der Waals surface area contributed by atoms with Crippen molar-refractivity contribution in [2.45, 2.75) is 129 Å². The molecular formula is C26H46O3. The molecule has 0 N–H and O–H groups in total. The lowest BCUT2D eigenvalue weighted by Crippen LogP contribution is -2.11. The fourth-order valence-corrected chi connectivity index (χ4v) is 3.18. The van der Waals surface area contributed by atoms with Crippen LogP contribution in [0.15, 0.2) is 24.3 Å². The predicted molar refractivity (Wildman–Crippen MR) is 124 cm³/mol. The summed E-state index contributed by atoms with van der Waals surface area (Å²) in [7, 11) is 0. The number of esters is 2. The van der Waals surface area contributed by atoms with Crippen molar-refractivity contribution in [1.29, 1.82) is 0 Å². The van der Waals surface area contributed by atoms with E-state index in [1.165, 1.54) is 51.4 Å². The summed E-state index contributed by atoms with van der Waals surface area (Å²) in [6.45, 7) is 4.40.